The highest BCUT2D eigenvalue weighted by Gasteiger charge is 2.50. The monoisotopic (exact) mass is 607 g/mol. The van der Waals surface area contributed by atoms with E-state index in [2.05, 4.69) is 5.32 Å². The van der Waals surface area contributed by atoms with E-state index in [9.17, 15) is 40.5 Å². The molecule has 2 rings (SSSR count). The van der Waals surface area contributed by atoms with Gasteiger partial charge in [0, 0.05) is 6.42 Å². The second-order valence-electron chi connectivity index (χ2n) is 11.9. The summed E-state index contributed by atoms with van der Waals surface area (Å²) < 4.78 is 16.6. The third-order valence-electron chi connectivity index (χ3n) is 8.31. The van der Waals surface area contributed by atoms with E-state index in [4.69, 9.17) is 14.2 Å². The smallest absolute Gasteiger partial charge is 0.187 e. The summed E-state index contributed by atoms with van der Waals surface area (Å²) >= 11 is 0. The van der Waals surface area contributed by atoms with Crippen LogP contribution in [0.2, 0.25) is 0 Å². The maximum atomic E-state index is 10.9. The van der Waals surface area contributed by atoms with Crippen LogP contribution in [-0.4, -0.2) is 123 Å². The number of unbranched alkanes of at least 4 members (excludes halogenated alkanes) is 13. The SMILES string of the molecule is CC(=O)CCCCCCCCCCCCCCCCNC1O[C@H](CO)[C@@H](O[C@@H]2O[C@H](CO)[C@H](O)[C@H](O)[C@H]2O)[C@H](O)[C@H]1O. The van der Waals surface area contributed by atoms with Crippen molar-refractivity contribution in [3.8, 4) is 0 Å². The summed E-state index contributed by atoms with van der Waals surface area (Å²) in [4.78, 5) is 10.9. The van der Waals surface area contributed by atoms with E-state index >= 15 is 0 Å². The average Bonchev–Trinajstić information content (AvgIpc) is 2.97. The van der Waals surface area contributed by atoms with E-state index in [1.54, 1.807) is 6.92 Å². The van der Waals surface area contributed by atoms with Gasteiger partial charge < -0.3 is 54.8 Å². The van der Waals surface area contributed by atoms with Gasteiger partial charge in [0.25, 0.3) is 0 Å². The normalized spacial score (nSPS) is 33.6. The van der Waals surface area contributed by atoms with Gasteiger partial charge in [-0.25, -0.2) is 0 Å². The molecule has 2 saturated heterocycles. The topological polar surface area (TPSA) is 198 Å². The van der Waals surface area contributed by atoms with Crippen LogP contribution in [0.15, 0.2) is 0 Å². The first kappa shape index (κ1) is 37.4. The molecule has 0 bridgehead atoms. The second-order valence-corrected chi connectivity index (χ2v) is 11.9. The van der Waals surface area contributed by atoms with Crippen LogP contribution in [0.25, 0.3) is 0 Å². The van der Waals surface area contributed by atoms with Crippen molar-refractivity contribution < 1.29 is 54.8 Å². The molecule has 0 amide bonds. The molecule has 0 aliphatic carbocycles. The van der Waals surface area contributed by atoms with Gasteiger partial charge in [-0.2, -0.15) is 0 Å². The minimum absolute atomic E-state index is 0.291. The summed E-state index contributed by atoms with van der Waals surface area (Å²) in [5.41, 5.74) is 0. The Morgan fingerprint density at radius 2 is 1.12 bits per heavy atom. The molecule has 42 heavy (non-hydrogen) atoms. The fourth-order valence-electron chi connectivity index (χ4n) is 5.62. The molecule has 2 heterocycles. The van der Waals surface area contributed by atoms with Crippen molar-refractivity contribution in [1.82, 2.24) is 5.32 Å². The number of carbonyl (C=O) groups is 1. The highest BCUT2D eigenvalue weighted by atomic mass is 16.7. The molecule has 12 heteroatoms. The predicted octanol–water partition coefficient (Wildman–Crippen LogP) is 0.641. The number of ketones is 1. The summed E-state index contributed by atoms with van der Waals surface area (Å²) in [6.07, 6.45) is 3.39. The lowest BCUT2D eigenvalue weighted by molar-refractivity contribution is -0.343. The maximum absolute atomic E-state index is 10.9. The quantitative estimate of drug-likeness (QED) is 0.0801. The number of aliphatic hydroxyl groups is 7. The van der Waals surface area contributed by atoms with Crippen molar-refractivity contribution in [2.24, 2.45) is 0 Å². The van der Waals surface area contributed by atoms with Gasteiger partial charge in [0.2, 0.25) is 0 Å². The zero-order valence-corrected chi connectivity index (χ0v) is 25.3. The van der Waals surface area contributed by atoms with Crippen LogP contribution in [0.5, 0.6) is 0 Å². The van der Waals surface area contributed by atoms with Crippen LogP contribution in [-0.2, 0) is 19.0 Å². The van der Waals surface area contributed by atoms with Crippen LogP contribution in [0.4, 0.5) is 0 Å². The van der Waals surface area contributed by atoms with E-state index < -0.39 is 74.6 Å². The lowest BCUT2D eigenvalue weighted by atomic mass is 9.96. The number of Topliss-reactive ketones (excluding diaryl/α,β-unsaturated/α-hetero) is 1. The Hall–Kier alpha value is -0.770. The lowest BCUT2D eigenvalue weighted by Crippen LogP contribution is -2.66. The Balaban J connectivity index is 1.55. The number of nitrogens with one attached hydrogen (secondary N) is 1. The van der Waals surface area contributed by atoms with E-state index in [1.807, 2.05) is 0 Å². The van der Waals surface area contributed by atoms with Gasteiger partial charge in [-0.1, -0.05) is 77.0 Å². The molecule has 0 spiro atoms. The molecule has 0 radical (unpaired) electrons. The van der Waals surface area contributed by atoms with Crippen molar-refractivity contribution in [1.29, 1.82) is 0 Å². The molecular formula is C30H57NO11. The molecule has 0 aromatic heterocycles. The Labute approximate surface area is 250 Å². The zero-order chi connectivity index (χ0) is 30.9. The van der Waals surface area contributed by atoms with E-state index in [0.29, 0.717) is 12.3 Å². The maximum Gasteiger partial charge on any atom is 0.187 e. The number of rotatable bonds is 22. The fraction of sp³-hybridized carbons (Fsp3) is 0.967. The largest absolute Gasteiger partial charge is 0.394 e. The molecule has 10 atom stereocenters. The van der Waals surface area contributed by atoms with Gasteiger partial charge in [0.15, 0.2) is 6.29 Å². The number of hydrogen-bond acceptors (Lipinski definition) is 12. The number of hydrogen-bond donors (Lipinski definition) is 8. The standard InChI is InChI=1S/C30H57NO11/c1-20(34)16-14-12-10-8-6-4-2-3-5-7-9-11-13-15-17-31-29-26(38)25(37)28(22(19-33)40-29)42-30-27(39)24(36)23(35)21(18-32)41-30/h21-33,35-39H,2-19H2,1H3/t21-,22-,23+,24+,25-,26-,27-,28-,29?,30+/m1/s1. The third-order valence-corrected chi connectivity index (χ3v) is 8.31. The van der Waals surface area contributed by atoms with E-state index in [-0.39, 0.29) is 0 Å². The van der Waals surface area contributed by atoms with Crippen molar-refractivity contribution in [3.05, 3.63) is 0 Å². The molecule has 2 aliphatic rings. The molecule has 1 unspecified atom stereocenters. The van der Waals surface area contributed by atoms with Crippen molar-refractivity contribution in [2.45, 2.75) is 165 Å². The van der Waals surface area contributed by atoms with Gasteiger partial charge in [-0.15, -0.1) is 0 Å². The molecule has 248 valence electrons. The Morgan fingerprint density at radius 3 is 1.62 bits per heavy atom. The first-order valence-corrected chi connectivity index (χ1v) is 16.0. The third kappa shape index (κ3) is 12.7. The molecule has 0 aromatic rings. The number of aliphatic hydroxyl groups excluding tert-OH is 7. The summed E-state index contributed by atoms with van der Waals surface area (Å²) in [5, 5.41) is 73.7. The van der Waals surface area contributed by atoms with Crippen LogP contribution in [0, 0.1) is 0 Å². The summed E-state index contributed by atoms with van der Waals surface area (Å²) in [7, 11) is 0. The Kier molecular flexibility index (Phi) is 18.8. The zero-order valence-electron chi connectivity index (χ0n) is 25.3. The van der Waals surface area contributed by atoms with E-state index in [0.717, 1.165) is 32.1 Å². The average molecular weight is 608 g/mol. The predicted molar refractivity (Wildman–Crippen MR) is 154 cm³/mol. The van der Waals surface area contributed by atoms with Crippen LogP contribution < -0.4 is 5.32 Å². The second kappa shape index (κ2) is 21.1. The lowest BCUT2D eigenvalue weighted by Gasteiger charge is -2.46. The number of ether oxygens (including phenoxy) is 3. The minimum Gasteiger partial charge on any atom is -0.394 e. The molecule has 0 aromatic carbocycles. The first-order chi connectivity index (χ1) is 20.2. The number of carbonyl (C=O) groups excluding carboxylic acids is 1. The molecule has 12 nitrogen and oxygen atoms in total. The van der Waals surface area contributed by atoms with Gasteiger partial charge in [-0.05, 0) is 26.3 Å². The van der Waals surface area contributed by atoms with E-state index in [1.165, 1.54) is 64.2 Å². The molecular weight excluding hydrogens is 550 g/mol. The van der Waals surface area contributed by atoms with Crippen LogP contribution >= 0.6 is 0 Å². The Bertz CT molecular complexity index is 713. The summed E-state index contributed by atoms with van der Waals surface area (Å²) in [6.45, 7) is 1.02. The van der Waals surface area contributed by atoms with Crippen molar-refractivity contribution >= 4 is 5.78 Å². The van der Waals surface area contributed by atoms with Crippen LogP contribution in [0.1, 0.15) is 103 Å². The van der Waals surface area contributed by atoms with Crippen LogP contribution in [0.3, 0.4) is 0 Å². The minimum atomic E-state index is -1.69. The van der Waals surface area contributed by atoms with Gasteiger partial charge in [-0.3, -0.25) is 5.32 Å². The highest BCUT2D eigenvalue weighted by molar-refractivity contribution is 5.75. The molecule has 0 saturated carbocycles. The highest BCUT2D eigenvalue weighted by Crippen LogP contribution is 2.28. The molecule has 2 fully saturated rings. The summed E-state index contributed by atoms with van der Waals surface area (Å²) in [6, 6.07) is 0. The Morgan fingerprint density at radius 1 is 0.619 bits per heavy atom. The fourth-order valence-corrected chi connectivity index (χ4v) is 5.62. The molecule has 2 aliphatic heterocycles. The van der Waals surface area contributed by atoms with Crippen molar-refractivity contribution in [3.63, 3.8) is 0 Å². The molecule has 8 N–H and O–H groups in total. The van der Waals surface area contributed by atoms with Gasteiger partial charge >= 0.3 is 0 Å². The summed E-state index contributed by atoms with van der Waals surface area (Å²) in [5.74, 6) is 0.291. The van der Waals surface area contributed by atoms with Crippen molar-refractivity contribution in [2.75, 3.05) is 19.8 Å². The van der Waals surface area contributed by atoms with Gasteiger partial charge in [0.1, 0.15) is 60.8 Å². The van der Waals surface area contributed by atoms with Gasteiger partial charge in [0.05, 0.1) is 13.2 Å². The first-order valence-electron chi connectivity index (χ1n) is 16.0.